The summed E-state index contributed by atoms with van der Waals surface area (Å²) in [6.45, 7) is 1.64. The van der Waals surface area contributed by atoms with Crippen LogP contribution >= 0.6 is 11.8 Å². The minimum Gasteiger partial charge on any atom is -0.481 e. The molecule has 1 atom stereocenters. The van der Waals surface area contributed by atoms with E-state index in [9.17, 15) is 14.9 Å². The molecule has 0 aliphatic carbocycles. The van der Waals surface area contributed by atoms with E-state index in [1.807, 2.05) is 0 Å². The number of hydrogen-bond acceptors (Lipinski definition) is 6. The number of nitriles is 1. The highest BCUT2D eigenvalue weighted by molar-refractivity contribution is 8.00. The summed E-state index contributed by atoms with van der Waals surface area (Å²) in [7, 11) is 0. The first-order chi connectivity index (χ1) is 8.43. The zero-order chi connectivity index (χ0) is 13.7. The summed E-state index contributed by atoms with van der Waals surface area (Å²) in [5.41, 5.74) is -0.187. The lowest BCUT2D eigenvalue weighted by atomic mass is 10.3. The third kappa shape index (κ3) is 3.71. The van der Waals surface area contributed by atoms with Crippen LogP contribution in [0.25, 0.3) is 0 Å². The molecule has 1 N–H and O–H groups in total. The molecule has 1 aromatic rings. The fourth-order valence-corrected chi connectivity index (χ4v) is 2.18. The Morgan fingerprint density at radius 3 is 2.94 bits per heavy atom. The van der Waals surface area contributed by atoms with E-state index in [0.717, 1.165) is 17.8 Å². The highest BCUT2D eigenvalue weighted by atomic mass is 32.2. The standard InChI is InChI=1S/C10H9N3O4S/c1-6(2-9(14)15)18-10-8(13(16)17)3-7(4-11)5-12-10/h3,5-6H,2H2,1H3,(H,14,15). The molecule has 0 aliphatic heterocycles. The van der Waals surface area contributed by atoms with Gasteiger partial charge in [-0.1, -0.05) is 18.7 Å². The monoisotopic (exact) mass is 267 g/mol. The maximum absolute atomic E-state index is 10.8. The predicted molar refractivity (Wildman–Crippen MR) is 63.2 cm³/mol. The average molecular weight is 267 g/mol. The molecular weight excluding hydrogens is 258 g/mol. The summed E-state index contributed by atoms with van der Waals surface area (Å²) in [5.74, 6) is -0.980. The molecule has 1 aromatic heterocycles. The molecule has 0 aliphatic rings. The van der Waals surface area contributed by atoms with E-state index in [2.05, 4.69) is 4.98 Å². The van der Waals surface area contributed by atoms with Crippen molar-refractivity contribution in [3.05, 3.63) is 27.9 Å². The Labute approximate surface area is 107 Å². The van der Waals surface area contributed by atoms with Crippen molar-refractivity contribution in [1.82, 2.24) is 4.98 Å². The Balaban J connectivity index is 2.98. The molecule has 0 fully saturated rings. The number of carboxylic acids is 1. The molecule has 7 nitrogen and oxygen atoms in total. The van der Waals surface area contributed by atoms with Crippen LogP contribution in [0.2, 0.25) is 0 Å². The molecule has 0 saturated heterocycles. The zero-order valence-corrected chi connectivity index (χ0v) is 10.2. The summed E-state index contributed by atoms with van der Waals surface area (Å²) < 4.78 is 0. The van der Waals surface area contributed by atoms with Crippen LogP contribution in [-0.2, 0) is 4.79 Å². The van der Waals surface area contributed by atoms with Crippen molar-refractivity contribution in [1.29, 1.82) is 5.26 Å². The first-order valence-corrected chi connectivity index (χ1v) is 5.75. The van der Waals surface area contributed by atoms with Gasteiger partial charge in [0.2, 0.25) is 0 Å². The molecule has 1 unspecified atom stereocenters. The summed E-state index contributed by atoms with van der Waals surface area (Å²) in [4.78, 5) is 24.5. The first-order valence-electron chi connectivity index (χ1n) is 4.87. The molecule has 1 rings (SSSR count). The number of nitro groups is 1. The quantitative estimate of drug-likeness (QED) is 0.491. The van der Waals surface area contributed by atoms with Gasteiger partial charge in [0.15, 0.2) is 5.03 Å². The summed E-state index contributed by atoms with van der Waals surface area (Å²) in [6.07, 6.45) is 1.10. The van der Waals surface area contributed by atoms with Crippen molar-refractivity contribution < 1.29 is 14.8 Å². The fourth-order valence-electron chi connectivity index (χ4n) is 1.20. The van der Waals surface area contributed by atoms with Crippen molar-refractivity contribution in [3.63, 3.8) is 0 Å². The molecule has 0 radical (unpaired) electrons. The number of carboxylic acid groups (broad SMARTS) is 1. The number of thioether (sulfide) groups is 1. The summed E-state index contributed by atoms with van der Waals surface area (Å²) in [6, 6.07) is 2.89. The maximum Gasteiger partial charge on any atom is 0.304 e. The molecule has 0 spiro atoms. The number of carbonyl (C=O) groups is 1. The Bertz CT molecular complexity index is 526. The summed E-state index contributed by atoms with van der Waals surface area (Å²) in [5, 5.41) is 27.8. The van der Waals surface area contributed by atoms with E-state index in [1.54, 1.807) is 13.0 Å². The zero-order valence-electron chi connectivity index (χ0n) is 9.36. The maximum atomic E-state index is 10.8. The van der Waals surface area contributed by atoms with Crippen LogP contribution in [0.15, 0.2) is 17.3 Å². The highest BCUT2D eigenvalue weighted by Crippen LogP contribution is 2.31. The van der Waals surface area contributed by atoms with Gasteiger partial charge < -0.3 is 5.11 Å². The number of aliphatic carboxylic acids is 1. The van der Waals surface area contributed by atoms with Crippen LogP contribution < -0.4 is 0 Å². The van der Waals surface area contributed by atoms with Crippen molar-refractivity contribution >= 4 is 23.4 Å². The minimum absolute atomic E-state index is 0.0944. The minimum atomic E-state index is -0.980. The molecule has 0 aromatic carbocycles. The lowest BCUT2D eigenvalue weighted by molar-refractivity contribution is -0.388. The Kier molecular flexibility index (Phi) is 4.62. The molecule has 8 heteroatoms. The SMILES string of the molecule is CC(CC(=O)O)Sc1ncc(C#N)cc1[N+](=O)[O-]. The van der Waals surface area contributed by atoms with Gasteiger partial charge in [-0.3, -0.25) is 14.9 Å². The second-order valence-corrected chi connectivity index (χ2v) is 4.87. The van der Waals surface area contributed by atoms with Gasteiger partial charge in [-0.25, -0.2) is 4.98 Å². The first kappa shape index (κ1) is 13.9. The topological polar surface area (TPSA) is 117 Å². The fraction of sp³-hybridized carbons (Fsp3) is 0.300. The number of pyridine rings is 1. The van der Waals surface area contributed by atoms with Gasteiger partial charge >= 0.3 is 11.7 Å². The Morgan fingerprint density at radius 1 is 1.78 bits per heavy atom. The lowest BCUT2D eigenvalue weighted by Gasteiger charge is -2.07. The van der Waals surface area contributed by atoms with Gasteiger partial charge in [0.25, 0.3) is 0 Å². The normalized spacial score (nSPS) is 11.6. The molecule has 18 heavy (non-hydrogen) atoms. The van der Waals surface area contributed by atoms with E-state index in [-0.39, 0.29) is 27.9 Å². The van der Waals surface area contributed by atoms with Crippen LogP contribution in [0.1, 0.15) is 18.9 Å². The van der Waals surface area contributed by atoms with Crippen molar-refractivity contribution in [2.75, 3.05) is 0 Å². The number of nitrogens with zero attached hydrogens (tertiary/aromatic N) is 3. The van der Waals surface area contributed by atoms with Crippen LogP contribution in [0.3, 0.4) is 0 Å². The molecule has 0 amide bonds. The van der Waals surface area contributed by atoms with Gasteiger partial charge in [0.1, 0.15) is 6.07 Å². The van der Waals surface area contributed by atoms with E-state index in [1.165, 1.54) is 6.20 Å². The lowest BCUT2D eigenvalue weighted by Crippen LogP contribution is -2.06. The number of aromatic nitrogens is 1. The van der Waals surface area contributed by atoms with Crippen molar-refractivity contribution in [2.45, 2.75) is 23.6 Å². The third-order valence-electron chi connectivity index (χ3n) is 1.93. The van der Waals surface area contributed by atoms with Crippen LogP contribution in [0, 0.1) is 21.4 Å². The van der Waals surface area contributed by atoms with Gasteiger partial charge in [0, 0.05) is 17.5 Å². The molecule has 0 bridgehead atoms. The highest BCUT2D eigenvalue weighted by Gasteiger charge is 2.20. The van der Waals surface area contributed by atoms with Crippen molar-refractivity contribution in [3.8, 4) is 6.07 Å². The Morgan fingerprint density at radius 2 is 2.44 bits per heavy atom. The van der Waals surface area contributed by atoms with E-state index in [4.69, 9.17) is 10.4 Å². The van der Waals surface area contributed by atoms with Gasteiger partial charge in [0.05, 0.1) is 16.9 Å². The Hall–Kier alpha value is -2.14. The van der Waals surface area contributed by atoms with Crippen molar-refractivity contribution in [2.24, 2.45) is 0 Å². The second kappa shape index (κ2) is 5.97. The van der Waals surface area contributed by atoms with Gasteiger partial charge in [-0.15, -0.1) is 0 Å². The molecule has 0 saturated carbocycles. The number of rotatable bonds is 5. The van der Waals surface area contributed by atoms with Gasteiger partial charge in [-0.05, 0) is 0 Å². The number of hydrogen-bond donors (Lipinski definition) is 1. The van der Waals surface area contributed by atoms with Gasteiger partial charge in [-0.2, -0.15) is 5.26 Å². The molecule has 1 heterocycles. The van der Waals surface area contributed by atoms with E-state index < -0.39 is 10.9 Å². The smallest absolute Gasteiger partial charge is 0.304 e. The van der Waals surface area contributed by atoms with Crippen LogP contribution in [-0.4, -0.2) is 26.2 Å². The molecular formula is C10H9N3O4S. The van der Waals surface area contributed by atoms with Crippen LogP contribution in [0.5, 0.6) is 0 Å². The largest absolute Gasteiger partial charge is 0.481 e. The summed E-state index contributed by atoms with van der Waals surface area (Å²) >= 11 is 1.00. The predicted octanol–water partition coefficient (Wildman–Crippen LogP) is 1.82. The van der Waals surface area contributed by atoms with Crippen LogP contribution in [0.4, 0.5) is 5.69 Å². The van der Waals surface area contributed by atoms with E-state index in [0.29, 0.717) is 0 Å². The average Bonchev–Trinajstić information content (AvgIpc) is 2.28. The second-order valence-electron chi connectivity index (χ2n) is 3.44. The third-order valence-corrected chi connectivity index (χ3v) is 3.04. The molecule has 94 valence electrons. The van der Waals surface area contributed by atoms with E-state index >= 15 is 0 Å².